The van der Waals surface area contributed by atoms with Crippen LogP contribution in [0.5, 0.6) is 0 Å². The minimum atomic E-state index is -3.38. The Morgan fingerprint density at radius 3 is 2.19 bits per heavy atom. The molecule has 7 heteroatoms. The van der Waals surface area contributed by atoms with Crippen LogP contribution in [0.25, 0.3) is 10.4 Å². The largest absolute Gasteiger partial charge is 0.465 e. The number of esters is 1. The Balaban J connectivity index is 2.04. The van der Waals surface area contributed by atoms with Crippen molar-refractivity contribution in [2.24, 2.45) is 0 Å². The SMILES string of the molecule is COC(=O)c1sc(-c2ccccc2)cc1NP(=O)(OC)c1ccccc1. The molecular weight excluding hydrogens is 369 g/mol. The number of hydrogen-bond acceptors (Lipinski definition) is 5. The molecule has 1 aromatic heterocycles. The fraction of sp³-hybridized carbons (Fsp3) is 0.105. The Morgan fingerprint density at radius 2 is 1.62 bits per heavy atom. The van der Waals surface area contributed by atoms with Gasteiger partial charge in [0.25, 0.3) is 0 Å². The van der Waals surface area contributed by atoms with Crippen molar-refractivity contribution in [1.82, 2.24) is 0 Å². The summed E-state index contributed by atoms with van der Waals surface area (Å²) in [5.74, 6) is -0.490. The highest BCUT2D eigenvalue weighted by atomic mass is 32.1. The topological polar surface area (TPSA) is 64.6 Å². The molecule has 3 aromatic rings. The molecule has 1 atom stereocenters. The van der Waals surface area contributed by atoms with Crippen LogP contribution in [-0.4, -0.2) is 20.2 Å². The van der Waals surface area contributed by atoms with Crippen LogP contribution < -0.4 is 10.4 Å². The van der Waals surface area contributed by atoms with Crippen LogP contribution >= 0.6 is 18.9 Å². The summed E-state index contributed by atoms with van der Waals surface area (Å²) in [6, 6.07) is 20.3. The molecule has 0 bridgehead atoms. The molecule has 134 valence electrons. The maximum absolute atomic E-state index is 13.3. The van der Waals surface area contributed by atoms with Gasteiger partial charge in [0.2, 0.25) is 0 Å². The zero-order valence-corrected chi connectivity index (χ0v) is 16.1. The van der Waals surface area contributed by atoms with Crippen molar-refractivity contribution in [1.29, 1.82) is 0 Å². The minimum absolute atomic E-state index is 0.347. The Kier molecular flexibility index (Phi) is 5.57. The first kappa shape index (κ1) is 18.4. The van der Waals surface area contributed by atoms with Gasteiger partial charge in [0.1, 0.15) is 4.88 Å². The molecule has 1 heterocycles. The number of benzene rings is 2. The number of carbonyl (C=O) groups excluding carboxylic acids is 1. The van der Waals surface area contributed by atoms with Gasteiger partial charge < -0.3 is 14.3 Å². The number of nitrogens with one attached hydrogen (secondary N) is 1. The van der Waals surface area contributed by atoms with Gasteiger partial charge in [0, 0.05) is 12.0 Å². The summed E-state index contributed by atoms with van der Waals surface area (Å²) >= 11 is 1.28. The molecule has 0 saturated carbocycles. The highest BCUT2D eigenvalue weighted by Crippen LogP contribution is 2.48. The van der Waals surface area contributed by atoms with Gasteiger partial charge in [-0.25, -0.2) is 4.79 Å². The zero-order chi connectivity index (χ0) is 18.6. The van der Waals surface area contributed by atoms with E-state index in [1.165, 1.54) is 25.6 Å². The van der Waals surface area contributed by atoms with Gasteiger partial charge >= 0.3 is 13.5 Å². The van der Waals surface area contributed by atoms with E-state index in [0.29, 0.717) is 15.9 Å². The second-order valence-corrected chi connectivity index (χ2v) is 8.65. The summed E-state index contributed by atoms with van der Waals surface area (Å²) in [5, 5.41) is 3.46. The third-order valence-corrected chi connectivity index (χ3v) is 6.97. The average molecular weight is 387 g/mol. The molecule has 0 aliphatic carbocycles. The van der Waals surface area contributed by atoms with E-state index in [-0.39, 0.29) is 0 Å². The lowest BCUT2D eigenvalue weighted by Gasteiger charge is -2.18. The molecular formula is C19H18NO4PS. The highest BCUT2D eigenvalue weighted by Gasteiger charge is 2.28. The molecule has 1 unspecified atom stereocenters. The van der Waals surface area contributed by atoms with Crippen LogP contribution in [0.4, 0.5) is 5.69 Å². The fourth-order valence-electron chi connectivity index (χ4n) is 2.46. The van der Waals surface area contributed by atoms with E-state index >= 15 is 0 Å². The van der Waals surface area contributed by atoms with Crippen LogP contribution in [0.15, 0.2) is 66.7 Å². The van der Waals surface area contributed by atoms with Crippen molar-refractivity contribution in [2.75, 3.05) is 19.3 Å². The number of anilines is 1. The normalized spacial score (nSPS) is 13.0. The summed E-state index contributed by atoms with van der Waals surface area (Å²) in [6.45, 7) is 0. The van der Waals surface area contributed by atoms with Gasteiger partial charge in [-0.15, -0.1) is 11.3 Å². The predicted molar refractivity (Wildman–Crippen MR) is 105 cm³/mol. The molecule has 1 N–H and O–H groups in total. The van der Waals surface area contributed by atoms with Crippen molar-refractivity contribution in [2.45, 2.75) is 0 Å². The Hall–Kier alpha value is -2.40. The Bertz CT molecular complexity index is 941. The van der Waals surface area contributed by atoms with Gasteiger partial charge in [-0.1, -0.05) is 48.5 Å². The summed E-state index contributed by atoms with van der Waals surface area (Å²) in [5.41, 5.74) is 1.39. The van der Waals surface area contributed by atoms with Gasteiger partial charge in [-0.2, -0.15) is 0 Å². The summed E-state index contributed by atoms with van der Waals surface area (Å²) in [7, 11) is -0.682. The van der Waals surface area contributed by atoms with E-state index in [1.807, 2.05) is 36.4 Å². The number of thiophene rings is 1. The molecule has 0 saturated heterocycles. The third kappa shape index (κ3) is 3.73. The maximum Gasteiger partial charge on any atom is 0.350 e. The van der Waals surface area contributed by atoms with Crippen LogP contribution in [0.1, 0.15) is 9.67 Å². The van der Waals surface area contributed by atoms with Gasteiger partial charge in [-0.3, -0.25) is 4.57 Å². The number of hydrogen-bond donors (Lipinski definition) is 1. The van der Waals surface area contributed by atoms with Crippen LogP contribution in [0.2, 0.25) is 0 Å². The van der Waals surface area contributed by atoms with E-state index in [1.54, 1.807) is 30.3 Å². The lowest BCUT2D eigenvalue weighted by molar-refractivity contribution is 0.0607. The lowest BCUT2D eigenvalue weighted by Crippen LogP contribution is -2.14. The van der Waals surface area contributed by atoms with Gasteiger partial charge in [0.05, 0.1) is 18.1 Å². The minimum Gasteiger partial charge on any atom is -0.465 e. The Labute approximate surface area is 156 Å². The molecule has 0 aliphatic heterocycles. The van der Waals surface area contributed by atoms with Crippen molar-refractivity contribution in [3.63, 3.8) is 0 Å². The van der Waals surface area contributed by atoms with Gasteiger partial charge in [-0.05, 0) is 23.8 Å². The smallest absolute Gasteiger partial charge is 0.350 e. The van der Waals surface area contributed by atoms with Gasteiger partial charge in [0.15, 0.2) is 0 Å². The van der Waals surface area contributed by atoms with E-state index in [0.717, 1.165) is 10.4 Å². The molecule has 5 nitrogen and oxygen atoms in total. The first-order valence-corrected chi connectivity index (χ1v) is 10.3. The first-order chi connectivity index (χ1) is 12.6. The van der Waals surface area contributed by atoms with E-state index in [9.17, 15) is 9.36 Å². The summed E-state index contributed by atoms with van der Waals surface area (Å²) in [6.07, 6.45) is 0. The summed E-state index contributed by atoms with van der Waals surface area (Å²) < 4.78 is 23.5. The van der Waals surface area contributed by atoms with Crippen molar-refractivity contribution < 1.29 is 18.6 Å². The van der Waals surface area contributed by atoms with E-state index in [4.69, 9.17) is 9.26 Å². The number of carbonyl (C=O) groups is 1. The molecule has 0 amide bonds. The monoisotopic (exact) mass is 387 g/mol. The maximum atomic E-state index is 13.3. The van der Waals surface area contributed by atoms with Crippen LogP contribution in [0, 0.1) is 0 Å². The zero-order valence-electron chi connectivity index (χ0n) is 14.3. The quantitative estimate of drug-likeness (QED) is 0.487. The van der Waals surface area contributed by atoms with E-state index < -0.39 is 13.5 Å². The second-order valence-electron chi connectivity index (χ2n) is 5.39. The highest BCUT2D eigenvalue weighted by molar-refractivity contribution is 7.68. The number of ether oxygens (including phenoxy) is 1. The van der Waals surface area contributed by atoms with Crippen molar-refractivity contribution in [3.05, 3.63) is 71.6 Å². The van der Waals surface area contributed by atoms with Crippen molar-refractivity contribution >= 4 is 35.8 Å². The van der Waals surface area contributed by atoms with Crippen LogP contribution in [0.3, 0.4) is 0 Å². The first-order valence-electron chi connectivity index (χ1n) is 7.84. The standard InChI is InChI=1S/C19H18NO4PS/c1-23-19(21)18-16(13-17(26-18)14-9-5-3-6-10-14)20-25(22,24-2)15-11-7-4-8-12-15/h3-13H,1-2H3,(H,20,22). The lowest BCUT2D eigenvalue weighted by atomic mass is 10.2. The molecule has 26 heavy (non-hydrogen) atoms. The predicted octanol–water partition coefficient (Wildman–Crippen LogP) is 4.78. The van der Waals surface area contributed by atoms with Crippen LogP contribution in [-0.2, 0) is 13.8 Å². The van der Waals surface area contributed by atoms with E-state index in [2.05, 4.69) is 5.09 Å². The fourth-order valence-corrected chi connectivity index (χ4v) is 5.06. The molecule has 3 rings (SSSR count). The molecule has 0 spiro atoms. The molecule has 0 aliphatic rings. The number of methoxy groups -OCH3 is 1. The second kappa shape index (κ2) is 7.87. The molecule has 0 fully saturated rings. The summed E-state index contributed by atoms with van der Waals surface area (Å²) in [4.78, 5) is 13.4. The average Bonchev–Trinajstić information content (AvgIpc) is 3.12. The third-order valence-electron chi connectivity index (χ3n) is 3.78. The Morgan fingerprint density at radius 1 is 1.00 bits per heavy atom. The van der Waals surface area contributed by atoms with Crippen molar-refractivity contribution in [3.8, 4) is 10.4 Å². The number of rotatable bonds is 6. The molecule has 2 aromatic carbocycles. The molecule has 0 radical (unpaired) electrons.